The van der Waals surface area contributed by atoms with Crippen molar-refractivity contribution in [3.63, 3.8) is 0 Å². The van der Waals surface area contributed by atoms with Gasteiger partial charge in [-0.1, -0.05) is 72.8 Å². The van der Waals surface area contributed by atoms with Crippen LogP contribution in [0, 0.1) is 11.8 Å². The normalized spacial score (nSPS) is 16.0. The van der Waals surface area contributed by atoms with Gasteiger partial charge in [-0.15, -0.1) is 0 Å². The summed E-state index contributed by atoms with van der Waals surface area (Å²) >= 11 is 0. The fourth-order valence-corrected chi connectivity index (χ4v) is 8.52. The van der Waals surface area contributed by atoms with Gasteiger partial charge in [-0.05, 0) is 136 Å². The lowest BCUT2D eigenvalue weighted by Gasteiger charge is -2.32. The summed E-state index contributed by atoms with van der Waals surface area (Å²) < 4.78 is 91.3. The van der Waals surface area contributed by atoms with Crippen molar-refractivity contribution in [1.29, 1.82) is 0 Å². The lowest BCUT2D eigenvalue weighted by molar-refractivity contribution is -0.138. The summed E-state index contributed by atoms with van der Waals surface area (Å²) in [6.45, 7) is 5.70. The quantitative estimate of drug-likeness (QED) is 0.0924. The Kier molecular flexibility index (Phi) is 18.0. The largest absolute Gasteiger partial charge is 0.492 e. The van der Waals surface area contributed by atoms with Crippen LogP contribution in [0.15, 0.2) is 158 Å². The molecule has 2 fully saturated rings. The van der Waals surface area contributed by atoms with Crippen LogP contribution in [0.25, 0.3) is 0 Å². The van der Waals surface area contributed by atoms with Gasteiger partial charge in [-0.3, -0.25) is 29.4 Å². The van der Waals surface area contributed by atoms with Crippen LogP contribution in [-0.2, 0) is 21.9 Å². The maximum absolute atomic E-state index is 13.3. The molecule has 2 amide bonds. The van der Waals surface area contributed by atoms with Crippen LogP contribution in [0.5, 0.6) is 11.5 Å². The number of alkyl halides is 6. The van der Waals surface area contributed by atoms with E-state index in [2.05, 4.69) is 30.4 Å². The molecule has 368 valence electrons. The van der Waals surface area contributed by atoms with Gasteiger partial charge >= 0.3 is 12.4 Å². The highest BCUT2D eigenvalue weighted by atomic mass is 19.4. The minimum Gasteiger partial charge on any atom is -0.492 e. The molecule has 4 aromatic carbocycles. The molecule has 8 rings (SSSR count). The van der Waals surface area contributed by atoms with Crippen molar-refractivity contribution < 1.29 is 45.4 Å². The highest BCUT2D eigenvalue weighted by Crippen LogP contribution is 2.34. The van der Waals surface area contributed by atoms with E-state index in [1.54, 1.807) is 60.9 Å². The number of aromatic nitrogens is 2. The summed E-state index contributed by atoms with van der Waals surface area (Å²) in [6, 6.07) is 38.2. The molecule has 0 radical (unpaired) electrons. The molecule has 2 aromatic heterocycles. The Hall–Kier alpha value is -6.78. The predicted octanol–water partition coefficient (Wildman–Crippen LogP) is 10.2. The van der Waals surface area contributed by atoms with Gasteiger partial charge in [0.1, 0.15) is 24.7 Å². The minimum absolute atomic E-state index is 0.168. The fraction of sp³-hybridized carbons (Fsp3) is 0.333. The van der Waals surface area contributed by atoms with Crippen LogP contribution < -0.4 is 20.1 Å². The first-order valence-corrected chi connectivity index (χ1v) is 23.4. The first-order chi connectivity index (χ1) is 33.8. The van der Waals surface area contributed by atoms with Crippen molar-refractivity contribution in [3.8, 4) is 11.5 Å². The van der Waals surface area contributed by atoms with Crippen molar-refractivity contribution in [2.75, 3.05) is 52.5 Å². The molecule has 2 unspecified atom stereocenters. The number of hydrogen-bond acceptors (Lipinski definition) is 8. The molecule has 6 aromatic rings. The Balaban J connectivity index is 0.000000206. The number of nitrogens with one attached hydrogen (secondary N) is 2. The third-order valence-electron chi connectivity index (χ3n) is 12.4. The lowest BCUT2D eigenvalue weighted by Crippen LogP contribution is -2.43. The van der Waals surface area contributed by atoms with Crippen LogP contribution in [0.4, 0.5) is 26.3 Å². The van der Waals surface area contributed by atoms with Crippen molar-refractivity contribution >= 4 is 11.8 Å². The molecule has 2 N–H and O–H groups in total. The Morgan fingerprint density at radius 1 is 0.514 bits per heavy atom. The van der Waals surface area contributed by atoms with E-state index in [0.29, 0.717) is 61.4 Å². The number of carbonyl (C=O) groups is 2. The third kappa shape index (κ3) is 15.1. The monoisotopic (exact) mass is 966 g/mol. The van der Waals surface area contributed by atoms with Crippen molar-refractivity contribution in [2.24, 2.45) is 11.8 Å². The lowest BCUT2D eigenvalue weighted by atomic mass is 9.94. The molecule has 16 heteroatoms. The maximum atomic E-state index is 13.3. The van der Waals surface area contributed by atoms with Gasteiger partial charge in [0.2, 0.25) is 11.8 Å². The Bertz CT molecular complexity index is 2350. The molecule has 0 bridgehead atoms. The Labute approximate surface area is 404 Å². The standard InChI is InChI=1S/2C27H28F3N3O2/c2*28-27(29,30)22-8-6-7-21(19-22)25(24-11-4-5-14-31-24)32-26(34)20-12-15-33(16-13-20)17-18-35-23-9-2-1-3-10-23/h2*1-11,14,19-20,25H,12-13,15-18H2,(H,32,34). The predicted molar refractivity (Wildman–Crippen MR) is 254 cm³/mol. The number of carbonyl (C=O) groups excluding carboxylic acids is 2. The first-order valence-electron chi connectivity index (χ1n) is 23.4. The van der Waals surface area contributed by atoms with E-state index in [4.69, 9.17) is 9.47 Å². The van der Waals surface area contributed by atoms with Crippen LogP contribution in [-0.4, -0.2) is 84.1 Å². The Morgan fingerprint density at radius 3 is 1.23 bits per heavy atom. The molecular formula is C54H56F6N6O4. The number of likely N-dealkylation sites (tertiary alicyclic amines) is 2. The number of hydrogen-bond donors (Lipinski definition) is 2. The number of ether oxygens (including phenoxy) is 2. The molecule has 70 heavy (non-hydrogen) atoms. The summed E-state index contributed by atoms with van der Waals surface area (Å²) in [4.78, 5) is 39.4. The SMILES string of the molecule is O=C(NC(c1cccc(C(F)(F)F)c1)c1ccccn1)C1CCN(CCOc2ccccc2)CC1.O=C(NC(c1cccc(C(F)(F)F)c1)c1ccccn1)C1CCN(CCOc2ccccc2)CC1. The van der Waals surface area contributed by atoms with Crippen molar-refractivity contribution in [2.45, 2.75) is 50.1 Å². The van der Waals surface area contributed by atoms with E-state index in [9.17, 15) is 35.9 Å². The fourth-order valence-electron chi connectivity index (χ4n) is 8.52. The zero-order valence-electron chi connectivity index (χ0n) is 38.5. The second-order valence-corrected chi connectivity index (χ2v) is 17.2. The number of nitrogens with zero attached hydrogens (tertiary/aromatic N) is 4. The van der Waals surface area contributed by atoms with E-state index >= 15 is 0 Å². The Morgan fingerprint density at radius 2 is 0.886 bits per heavy atom. The first kappa shape index (κ1) is 51.1. The zero-order valence-corrected chi connectivity index (χ0v) is 38.5. The van der Waals surface area contributed by atoms with Gasteiger partial charge in [-0.25, -0.2) is 0 Å². The third-order valence-corrected chi connectivity index (χ3v) is 12.4. The topological polar surface area (TPSA) is 109 Å². The summed E-state index contributed by atoms with van der Waals surface area (Å²) in [5.74, 6) is 0.905. The number of piperidine rings is 2. The van der Waals surface area contributed by atoms with Gasteiger partial charge in [0, 0.05) is 37.3 Å². The molecule has 0 spiro atoms. The van der Waals surface area contributed by atoms with E-state index in [1.807, 2.05) is 60.7 Å². The average Bonchev–Trinajstić information content (AvgIpc) is 3.38. The molecular weight excluding hydrogens is 911 g/mol. The van der Waals surface area contributed by atoms with E-state index < -0.39 is 35.6 Å². The minimum atomic E-state index is -4.47. The number of para-hydroxylation sites is 2. The van der Waals surface area contributed by atoms with E-state index in [-0.39, 0.29) is 23.7 Å². The summed E-state index contributed by atoms with van der Waals surface area (Å²) in [6.07, 6.45) is -3.10. The highest BCUT2D eigenvalue weighted by molar-refractivity contribution is 5.80. The molecule has 4 heterocycles. The van der Waals surface area contributed by atoms with E-state index in [0.717, 1.165) is 75.0 Å². The summed E-state index contributed by atoms with van der Waals surface area (Å²) in [5, 5.41) is 5.93. The number of pyridine rings is 2. The van der Waals surface area contributed by atoms with Crippen molar-refractivity contribution in [1.82, 2.24) is 30.4 Å². The van der Waals surface area contributed by atoms with Crippen LogP contribution in [0.1, 0.15) is 71.4 Å². The molecule has 2 aliphatic rings. The number of amides is 2. The molecule has 2 saturated heterocycles. The zero-order chi connectivity index (χ0) is 49.4. The molecule has 0 aliphatic carbocycles. The molecule has 0 saturated carbocycles. The summed E-state index contributed by atoms with van der Waals surface area (Å²) in [5.41, 5.74) is 0.184. The van der Waals surface area contributed by atoms with Crippen LogP contribution in [0.3, 0.4) is 0 Å². The molecule has 2 atom stereocenters. The van der Waals surface area contributed by atoms with E-state index in [1.165, 1.54) is 12.1 Å². The van der Waals surface area contributed by atoms with Crippen molar-refractivity contribution in [3.05, 3.63) is 192 Å². The second kappa shape index (κ2) is 24.7. The second-order valence-electron chi connectivity index (χ2n) is 17.2. The van der Waals surface area contributed by atoms with Gasteiger partial charge in [0.25, 0.3) is 0 Å². The van der Waals surface area contributed by atoms with Gasteiger partial charge in [-0.2, -0.15) is 26.3 Å². The molecule has 10 nitrogen and oxygen atoms in total. The molecule has 2 aliphatic heterocycles. The number of halogens is 6. The maximum Gasteiger partial charge on any atom is 0.416 e. The average molecular weight is 967 g/mol. The summed E-state index contributed by atoms with van der Waals surface area (Å²) in [7, 11) is 0. The highest BCUT2D eigenvalue weighted by Gasteiger charge is 2.34. The van der Waals surface area contributed by atoms with Gasteiger partial charge in [0.15, 0.2) is 0 Å². The smallest absolute Gasteiger partial charge is 0.416 e. The van der Waals surface area contributed by atoms with Gasteiger partial charge in [0.05, 0.1) is 34.6 Å². The van der Waals surface area contributed by atoms with Crippen LogP contribution in [0.2, 0.25) is 0 Å². The number of benzene rings is 4. The van der Waals surface area contributed by atoms with Gasteiger partial charge < -0.3 is 20.1 Å². The van der Waals surface area contributed by atoms with Crippen LogP contribution >= 0.6 is 0 Å². The number of rotatable bonds is 16.